The van der Waals surface area contributed by atoms with Crippen molar-refractivity contribution in [2.45, 2.75) is 25.2 Å². The summed E-state index contributed by atoms with van der Waals surface area (Å²) in [6.45, 7) is 1.88. The van der Waals surface area contributed by atoms with E-state index in [1.54, 1.807) is 18.2 Å². The van der Waals surface area contributed by atoms with E-state index in [2.05, 4.69) is 10.2 Å². The Kier molecular flexibility index (Phi) is 3.17. The first-order valence-electron chi connectivity index (χ1n) is 8.04. The van der Waals surface area contributed by atoms with E-state index in [-0.39, 0.29) is 29.0 Å². The molecule has 120 valence electrons. The van der Waals surface area contributed by atoms with Crippen LogP contribution in [0.15, 0.2) is 42.1 Å². The molecule has 3 atom stereocenters. The number of carbonyl (C=O) groups is 1. The number of Topliss-reactive ketones (excluding diaryl/α,β-unsaturated/α-hetero) is 1. The minimum Gasteiger partial charge on any atom is -0.293 e. The first-order chi connectivity index (χ1) is 11.6. The number of rotatable bonds is 1. The molecule has 1 aromatic heterocycles. The number of hydrogen-bond acceptors (Lipinski definition) is 3. The van der Waals surface area contributed by atoms with Gasteiger partial charge in [0.25, 0.3) is 0 Å². The molecule has 24 heavy (non-hydrogen) atoms. The number of aryl methyl sites for hydroxylation is 1. The maximum atomic E-state index is 13.4. The Balaban J connectivity index is 2.06. The van der Waals surface area contributed by atoms with Gasteiger partial charge in [-0.15, -0.1) is 0 Å². The molecule has 0 aliphatic heterocycles. The van der Waals surface area contributed by atoms with Crippen LogP contribution in [0.1, 0.15) is 30.2 Å². The molecule has 4 nitrogen and oxygen atoms in total. The van der Waals surface area contributed by atoms with Gasteiger partial charge in [-0.25, -0.2) is 4.39 Å². The number of fused-ring (bicyclic) bond motifs is 3. The van der Waals surface area contributed by atoms with Crippen molar-refractivity contribution >= 4 is 5.78 Å². The Morgan fingerprint density at radius 1 is 1.38 bits per heavy atom. The van der Waals surface area contributed by atoms with E-state index < -0.39 is 5.41 Å². The van der Waals surface area contributed by atoms with Crippen molar-refractivity contribution in [3.63, 3.8) is 0 Å². The topological polar surface area (TPSA) is 69.5 Å². The maximum absolute atomic E-state index is 13.4. The van der Waals surface area contributed by atoms with Crippen LogP contribution < -0.4 is 0 Å². The molecule has 2 aliphatic carbocycles. The van der Waals surface area contributed by atoms with Gasteiger partial charge in [-0.1, -0.05) is 19.1 Å². The molecule has 0 saturated carbocycles. The molecule has 4 rings (SSSR count). The van der Waals surface area contributed by atoms with E-state index >= 15 is 0 Å². The predicted octanol–water partition coefficient (Wildman–Crippen LogP) is 3.07. The van der Waals surface area contributed by atoms with Crippen LogP contribution in [0, 0.1) is 29.0 Å². The molecular formula is C19H16FN3O. The largest absolute Gasteiger partial charge is 0.293 e. The molecule has 1 N–H and O–H groups in total. The number of hydrogen-bond donors (Lipinski definition) is 1. The van der Waals surface area contributed by atoms with Gasteiger partial charge in [-0.2, -0.15) is 10.4 Å². The number of nitrogens with zero attached hydrogens (tertiary/aromatic N) is 2. The van der Waals surface area contributed by atoms with E-state index in [9.17, 15) is 14.4 Å². The van der Waals surface area contributed by atoms with Crippen molar-refractivity contribution in [3.05, 3.63) is 64.7 Å². The molecule has 0 saturated heterocycles. The smallest absolute Gasteiger partial charge is 0.176 e. The van der Waals surface area contributed by atoms with Gasteiger partial charge in [-0.05, 0) is 48.1 Å². The highest BCUT2D eigenvalue weighted by Crippen LogP contribution is 2.52. The number of H-pyrrole nitrogens is 1. The Morgan fingerprint density at radius 2 is 2.12 bits per heavy atom. The molecule has 0 fully saturated rings. The normalized spacial score (nSPS) is 28.5. The zero-order chi connectivity index (χ0) is 16.9. The molecule has 0 spiro atoms. The summed E-state index contributed by atoms with van der Waals surface area (Å²) < 4.78 is 13.4. The van der Waals surface area contributed by atoms with Crippen LogP contribution in [-0.4, -0.2) is 16.0 Å². The fraction of sp³-hybridized carbons (Fsp3) is 0.316. The van der Waals surface area contributed by atoms with Gasteiger partial charge in [0.05, 0.1) is 16.7 Å². The summed E-state index contributed by atoms with van der Waals surface area (Å²) in [5.74, 6) is -0.698. The highest BCUT2D eigenvalue weighted by molar-refractivity contribution is 6.02. The fourth-order valence-electron chi connectivity index (χ4n) is 4.37. The van der Waals surface area contributed by atoms with Gasteiger partial charge in [0.1, 0.15) is 11.9 Å². The van der Waals surface area contributed by atoms with Gasteiger partial charge in [0.2, 0.25) is 0 Å². The van der Waals surface area contributed by atoms with E-state index in [0.29, 0.717) is 0 Å². The Bertz CT molecular complexity index is 890. The number of nitrogens with one attached hydrogen (secondary N) is 1. The number of aromatic amines is 1. The number of halogens is 1. The molecule has 1 aromatic carbocycles. The van der Waals surface area contributed by atoms with Crippen LogP contribution in [0.3, 0.4) is 0 Å². The highest BCUT2D eigenvalue weighted by Gasteiger charge is 2.53. The van der Waals surface area contributed by atoms with Crippen LogP contribution >= 0.6 is 0 Å². The zero-order valence-corrected chi connectivity index (χ0v) is 13.2. The van der Waals surface area contributed by atoms with Crippen molar-refractivity contribution in [1.29, 1.82) is 5.26 Å². The number of nitriles is 1. The zero-order valence-electron chi connectivity index (χ0n) is 13.2. The lowest BCUT2D eigenvalue weighted by molar-refractivity contribution is -0.121. The summed E-state index contributed by atoms with van der Waals surface area (Å²) in [4.78, 5) is 12.5. The summed E-state index contributed by atoms with van der Waals surface area (Å²) in [5, 5.41) is 16.8. The number of aromatic nitrogens is 2. The first kappa shape index (κ1) is 14.8. The molecule has 2 aromatic rings. The maximum Gasteiger partial charge on any atom is 0.176 e. The van der Waals surface area contributed by atoms with E-state index in [0.717, 1.165) is 29.7 Å². The molecule has 2 aliphatic rings. The van der Waals surface area contributed by atoms with Crippen molar-refractivity contribution in [3.8, 4) is 6.07 Å². The highest BCUT2D eigenvalue weighted by atomic mass is 19.1. The van der Waals surface area contributed by atoms with Crippen LogP contribution in [0.4, 0.5) is 4.39 Å². The van der Waals surface area contributed by atoms with Crippen molar-refractivity contribution in [2.24, 2.45) is 11.8 Å². The van der Waals surface area contributed by atoms with Crippen molar-refractivity contribution in [2.75, 3.05) is 0 Å². The minimum absolute atomic E-state index is 0.00311. The summed E-state index contributed by atoms with van der Waals surface area (Å²) in [7, 11) is 0. The first-order valence-corrected chi connectivity index (χ1v) is 8.04. The lowest BCUT2D eigenvalue weighted by Crippen LogP contribution is -2.48. The third kappa shape index (κ3) is 1.83. The van der Waals surface area contributed by atoms with E-state index in [4.69, 9.17) is 0 Å². The molecule has 0 unspecified atom stereocenters. The van der Waals surface area contributed by atoms with Crippen molar-refractivity contribution < 1.29 is 9.18 Å². The monoisotopic (exact) mass is 321 g/mol. The number of benzene rings is 1. The van der Waals surface area contributed by atoms with Crippen molar-refractivity contribution in [1.82, 2.24) is 10.2 Å². The van der Waals surface area contributed by atoms with Crippen LogP contribution in [0.2, 0.25) is 0 Å². The SMILES string of the molecule is C[C@@H]1C(=O)C(C#N)=C[C@]2(c3ccc(F)cc3)c3n[nH]cc3CC[C@@H]12. The van der Waals surface area contributed by atoms with E-state index in [1.807, 2.05) is 19.2 Å². The van der Waals surface area contributed by atoms with Gasteiger partial charge < -0.3 is 0 Å². The lowest BCUT2D eigenvalue weighted by atomic mass is 9.54. The van der Waals surface area contributed by atoms with Crippen LogP contribution in [0.5, 0.6) is 0 Å². The number of ketones is 1. The molecular weight excluding hydrogens is 305 g/mol. The Labute approximate surface area is 139 Å². The van der Waals surface area contributed by atoms with Gasteiger partial charge >= 0.3 is 0 Å². The fourth-order valence-corrected chi connectivity index (χ4v) is 4.37. The second-order valence-electron chi connectivity index (χ2n) is 6.60. The Morgan fingerprint density at radius 3 is 2.83 bits per heavy atom. The summed E-state index contributed by atoms with van der Waals surface area (Å²) in [6, 6.07) is 8.36. The third-order valence-corrected chi connectivity index (χ3v) is 5.52. The number of carbonyl (C=O) groups excluding carboxylic acids is 1. The van der Waals surface area contributed by atoms with Crippen LogP contribution in [-0.2, 0) is 16.6 Å². The van der Waals surface area contributed by atoms with E-state index in [1.165, 1.54) is 12.1 Å². The second kappa shape index (κ2) is 5.13. The average molecular weight is 321 g/mol. The van der Waals surface area contributed by atoms with Gasteiger partial charge in [0, 0.05) is 12.1 Å². The standard InChI is InChI=1S/C19H16FN3O/c1-11-16-7-2-12-10-22-23-18(12)19(16,8-13(9-21)17(11)24)14-3-5-15(20)6-4-14/h3-6,8,10-11,16H,2,7H2,1H3,(H,22,23)/t11-,16-,19+/m0/s1. The number of allylic oxidation sites excluding steroid dienone is 2. The third-order valence-electron chi connectivity index (χ3n) is 5.52. The molecule has 1 heterocycles. The lowest BCUT2D eigenvalue weighted by Gasteiger charge is -2.46. The van der Waals surface area contributed by atoms with Crippen LogP contribution in [0.25, 0.3) is 0 Å². The predicted molar refractivity (Wildman–Crippen MR) is 85.4 cm³/mol. The average Bonchev–Trinajstić information content (AvgIpc) is 3.08. The molecule has 0 radical (unpaired) electrons. The summed E-state index contributed by atoms with van der Waals surface area (Å²) >= 11 is 0. The van der Waals surface area contributed by atoms with Gasteiger partial charge in [0.15, 0.2) is 5.78 Å². The second-order valence-corrected chi connectivity index (χ2v) is 6.60. The molecule has 5 heteroatoms. The van der Waals surface area contributed by atoms with Gasteiger partial charge in [-0.3, -0.25) is 9.89 Å². The molecule has 0 bridgehead atoms. The summed E-state index contributed by atoms with van der Waals surface area (Å²) in [6.07, 6.45) is 5.29. The minimum atomic E-state index is -0.667. The quantitative estimate of drug-likeness (QED) is 0.877. The Hall–Kier alpha value is -2.74. The molecule has 0 amide bonds. The summed E-state index contributed by atoms with van der Waals surface area (Å²) in [5.41, 5.74) is 2.30.